The Balaban J connectivity index is 2.23. The minimum atomic E-state index is -0.925. The van der Waals surface area contributed by atoms with Gasteiger partial charge in [0, 0.05) is 6.20 Å². The molecule has 3 aromatic rings. The van der Waals surface area contributed by atoms with Gasteiger partial charge in [0.2, 0.25) is 0 Å². The van der Waals surface area contributed by atoms with Crippen LogP contribution in [-0.4, -0.2) is 15.0 Å². The first kappa shape index (κ1) is 10.3. The Labute approximate surface area is 99.2 Å². The van der Waals surface area contributed by atoms with Crippen LogP contribution in [-0.2, 0) is 0 Å². The van der Waals surface area contributed by atoms with Crippen LogP contribution in [0.15, 0.2) is 18.3 Å². The number of hydrogen-bond donors (Lipinski definition) is 1. The summed E-state index contributed by atoms with van der Waals surface area (Å²) in [6.07, 6.45) is 1.66. The smallest absolute Gasteiger partial charge is 0.186 e. The summed E-state index contributed by atoms with van der Waals surface area (Å²) in [5.41, 5.74) is 0.496. The molecular weight excluding hydrogens is 244 g/mol. The maximum Gasteiger partial charge on any atom is 0.186 e. The van der Waals surface area contributed by atoms with Gasteiger partial charge >= 0.3 is 0 Å². The first-order valence-electron chi connectivity index (χ1n) is 4.91. The van der Waals surface area contributed by atoms with Crippen LogP contribution in [0.2, 0.25) is 0 Å². The monoisotopic (exact) mass is 251 g/mol. The van der Waals surface area contributed by atoms with E-state index in [9.17, 15) is 8.78 Å². The van der Waals surface area contributed by atoms with Gasteiger partial charge in [0.15, 0.2) is 11.6 Å². The van der Waals surface area contributed by atoms with Crippen molar-refractivity contribution in [1.29, 1.82) is 0 Å². The second kappa shape index (κ2) is 3.59. The number of fused-ring (bicyclic) bond motifs is 1. The number of nitrogens with one attached hydrogen (secondary N) is 1. The van der Waals surface area contributed by atoms with Gasteiger partial charge in [-0.05, 0) is 19.1 Å². The Bertz CT molecular complexity index is 702. The zero-order valence-electron chi connectivity index (χ0n) is 8.79. The van der Waals surface area contributed by atoms with Crippen molar-refractivity contribution in [2.24, 2.45) is 0 Å². The third-order valence-electron chi connectivity index (χ3n) is 2.40. The molecule has 0 unspecified atom stereocenters. The van der Waals surface area contributed by atoms with E-state index >= 15 is 0 Å². The second-order valence-corrected chi connectivity index (χ2v) is 4.82. The number of H-pyrrole nitrogens is 1. The average molecular weight is 251 g/mol. The van der Waals surface area contributed by atoms with E-state index in [0.717, 1.165) is 16.0 Å². The van der Waals surface area contributed by atoms with E-state index in [1.54, 1.807) is 6.20 Å². The number of rotatable bonds is 1. The number of hydrogen-bond acceptors (Lipinski definition) is 3. The molecule has 1 N–H and O–H groups in total. The highest BCUT2D eigenvalue weighted by molar-refractivity contribution is 7.14. The summed E-state index contributed by atoms with van der Waals surface area (Å²) in [4.78, 5) is 11.9. The molecule has 17 heavy (non-hydrogen) atoms. The number of imidazole rings is 1. The molecule has 2 heterocycles. The standard InChI is InChI=1S/C11H7F2N3S/c1-5-14-4-8(17-5)11-15-7-3-2-6(12)9(13)10(7)16-11/h2-4H,1H3,(H,15,16). The zero-order valence-corrected chi connectivity index (χ0v) is 9.61. The van der Waals surface area contributed by atoms with Crippen LogP contribution >= 0.6 is 11.3 Å². The lowest BCUT2D eigenvalue weighted by Gasteiger charge is -1.91. The van der Waals surface area contributed by atoms with Crippen molar-refractivity contribution in [3.63, 3.8) is 0 Å². The molecule has 86 valence electrons. The molecule has 0 aliphatic rings. The molecule has 2 aromatic heterocycles. The van der Waals surface area contributed by atoms with Gasteiger partial charge < -0.3 is 4.98 Å². The molecule has 0 radical (unpaired) electrons. The molecule has 0 saturated heterocycles. The summed E-state index contributed by atoms with van der Waals surface area (Å²) in [6.45, 7) is 1.87. The van der Waals surface area contributed by atoms with E-state index in [1.807, 2.05) is 6.92 Å². The summed E-state index contributed by atoms with van der Waals surface area (Å²) in [5.74, 6) is -1.31. The lowest BCUT2D eigenvalue weighted by molar-refractivity contribution is 0.515. The van der Waals surface area contributed by atoms with E-state index in [-0.39, 0.29) is 5.52 Å². The lowest BCUT2D eigenvalue weighted by atomic mass is 10.3. The predicted molar refractivity (Wildman–Crippen MR) is 61.9 cm³/mol. The van der Waals surface area contributed by atoms with Crippen LogP contribution < -0.4 is 0 Å². The molecule has 3 nitrogen and oxygen atoms in total. The largest absolute Gasteiger partial charge is 0.337 e. The van der Waals surface area contributed by atoms with Crippen molar-refractivity contribution >= 4 is 22.4 Å². The van der Waals surface area contributed by atoms with E-state index < -0.39 is 11.6 Å². The van der Waals surface area contributed by atoms with E-state index in [0.29, 0.717) is 11.3 Å². The highest BCUT2D eigenvalue weighted by Crippen LogP contribution is 2.27. The SMILES string of the molecule is Cc1ncc(-c2nc3c(F)c(F)ccc3[nH]2)s1. The Kier molecular flexibility index (Phi) is 2.19. The fourth-order valence-corrected chi connectivity index (χ4v) is 2.33. The molecule has 0 aliphatic heterocycles. The Morgan fingerprint density at radius 1 is 1.29 bits per heavy atom. The number of thiazole rings is 1. The maximum absolute atomic E-state index is 13.5. The van der Waals surface area contributed by atoms with Crippen molar-refractivity contribution in [2.75, 3.05) is 0 Å². The first-order valence-corrected chi connectivity index (χ1v) is 5.73. The minimum Gasteiger partial charge on any atom is -0.337 e. The number of aromatic amines is 1. The summed E-state index contributed by atoms with van der Waals surface area (Å²) < 4.78 is 26.5. The summed E-state index contributed by atoms with van der Waals surface area (Å²) in [6, 6.07) is 2.55. The molecule has 0 bridgehead atoms. The fourth-order valence-electron chi connectivity index (χ4n) is 1.60. The number of benzene rings is 1. The predicted octanol–water partition coefficient (Wildman–Crippen LogP) is 3.27. The van der Waals surface area contributed by atoms with Gasteiger partial charge in [-0.2, -0.15) is 0 Å². The zero-order chi connectivity index (χ0) is 12.0. The van der Waals surface area contributed by atoms with Gasteiger partial charge in [0.1, 0.15) is 11.3 Å². The highest BCUT2D eigenvalue weighted by Gasteiger charge is 2.13. The first-order chi connectivity index (χ1) is 8.15. The summed E-state index contributed by atoms with van der Waals surface area (Å²) in [5, 5.41) is 0.895. The van der Waals surface area contributed by atoms with E-state index in [4.69, 9.17) is 0 Å². The van der Waals surface area contributed by atoms with Crippen LogP contribution in [0.1, 0.15) is 5.01 Å². The normalized spacial score (nSPS) is 11.2. The van der Waals surface area contributed by atoms with Gasteiger partial charge in [0.05, 0.1) is 15.4 Å². The molecule has 0 spiro atoms. The van der Waals surface area contributed by atoms with E-state index in [2.05, 4.69) is 15.0 Å². The van der Waals surface area contributed by atoms with Crippen LogP contribution in [0.25, 0.3) is 21.7 Å². The lowest BCUT2D eigenvalue weighted by Crippen LogP contribution is -1.84. The van der Waals surface area contributed by atoms with E-state index in [1.165, 1.54) is 17.4 Å². The van der Waals surface area contributed by atoms with Crippen molar-refractivity contribution in [3.05, 3.63) is 35.0 Å². The van der Waals surface area contributed by atoms with Crippen LogP contribution in [0, 0.1) is 18.6 Å². The van der Waals surface area contributed by atoms with Crippen molar-refractivity contribution < 1.29 is 8.78 Å². The number of halogens is 2. The second-order valence-electron chi connectivity index (χ2n) is 3.59. The molecule has 1 aromatic carbocycles. The molecule has 0 saturated carbocycles. The quantitative estimate of drug-likeness (QED) is 0.721. The third kappa shape index (κ3) is 1.61. The number of aryl methyl sites for hydroxylation is 1. The van der Waals surface area contributed by atoms with Crippen molar-refractivity contribution in [2.45, 2.75) is 6.92 Å². The average Bonchev–Trinajstić information content (AvgIpc) is 2.90. The Morgan fingerprint density at radius 3 is 2.82 bits per heavy atom. The summed E-state index contributed by atoms with van der Waals surface area (Å²) in [7, 11) is 0. The highest BCUT2D eigenvalue weighted by atomic mass is 32.1. The van der Waals surface area contributed by atoms with Crippen molar-refractivity contribution in [3.8, 4) is 10.7 Å². The fraction of sp³-hybridized carbons (Fsp3) is 0.0909. The molecule has 0 fully saturated rings. The van der Waals surface area contributed by atoms with Crippen LogP contribution in [0.5, 0.6) is 0 Å². The molecule has 0 aliphatic carbocycles. The number of nitrogens with zero attached hydrogens (tertiary/aromatic N) is 2. The van der Waals surface area contributed by atoms with Crippen molar-refractivity contribution in [1.82, 2.24) is 15.0 Å². The third-order valence-corrected chi connectivity index (χ3v) is 3.32. The number of aromatic nitrogens is 3. The molecule has 0 amide bonds. The Morgan fingerprint density at radius 2 is 2.12 bits per heavy atom. The van der Waals surface area contributed by atoms with Gasteiger partial charge in [-0.3, -0.25) is 0 Å². The molecule has 3 rings (SSSR count). The van der Waals surface area contributed by atoms with Gasteiger partial charge in [-0.1, -0.05) is 0 Å². The van der Waals surface area contributed by atoms with Crippen LogP contribution in [0.3, 0.4) is 0 Å². The minimum absolute atomic E-state index is 0.0195. The molecule has 0 atom stereocenters. The maximum atomic E-state index is 13.5. The van der Waals surface area contributed by atoms with Gasteiger partial charge in [0.25, 0.3) is 0 Å². The van der Waals surface area contributed by atoms with Gasteiger partial charge in [-0.15, -0.1) is 11.3 Å². The Hall–Kier alpha value is -1.82. The molecular formula is C11H7F2N3S. The van der Waals surface area contributed by atoms with Gasteiger partial charge in [-0.25, -0.2) is 18.7 Å². The summed E-state index contributed by atoms with van der Waals surface area (Å²) >= 11 is 1.45. The van der Waals surface area contributed by atoms with Crippen LogP contribution in [0.4, 0.5) is 8.78 Å². The molecule has 6 heteroatoms. The topological polar surface area (TPSA) is 41.6 Å².